The Labute approximate surface area is 92.1 Å². The van der Waals surface area contributed by atoms with Crippen LogP contribution in [0.4, 0.5) is 5.82 Å². The summed E-state index contributed by atoms with van der Waals surface area (Å²) in [6.45, 7) is 0.622. The largest absolute Gasteiger partial charge is 0.363 e. The van der Waals surface area contributed by atoms with Crippen molar-refractivity contribution in [2.75, 3.05) is 5.32 Å². The Morgan fingerprint density at radius 2 is 2.20 bits per heavy atom. The average Bonchev–Trinajstić information content (AvgIpc) is 2.64. The molecule has 2 heterocycles. The molecule has 0 saturated heterocycles. The first-order valence-corrected chi connectivity index (χ1v) is 4.83. The number of anilines is 1. The summed E-state index contributed by atoms with van der Waals surface area (Å²) in [6.07, 6.45) is 1.89. The number of aryl methyl sites for hydroxylation is 1. The molecule has 0 unspecified atom stereocenters. The fraction of sp³-hybridized carbons (Fsp3) is 0.222. The van der Waals surface area contributed by atoms with Gasteiger partial charge in [-0.25, -0.2) is 0 Å². The van der Waals surface area contributed by atoms with E-state index in [4.69, 9.17) is 11.6 Å². The molecule has 0 bridgehead atoms. The third kappa shape index (κ3) is 2.66. The lowest BCUT2D eigenvalue weighted by Gasteiger charge is -2.01. The molecule has 5 nitrogen and oxygen atoms in total. The molecule has 0 aliphatic rings. The van der Waals surface area contributed by atoms with E-state index in [1.54, 1.807) is 16.8 Å². The molecule has 15 heavy (non-hydrogen) atoms. The van der Waals surface area contributed by atoms with Gasteiger partial charge >= 0.3 is 0 Å². The van der Waals surface area contributed by atoms with Crippen LogP contribution in [0.2, 0.25) is 5.15 Å². The van der Waals surface area contributed by atoms with Crippen molar-refractivity contribution in [3.05, 3.63) is 35.2 Å². The van der Waals surface area contributed by atoms with Gasteiger partial charge in [-0.3, -0.25) is 4.68 Å². The quantitative estimate of drug-likeness (QED) is 0.856. The van der Waals surface area contributed by atoms with Crippen molar-refractivity contribution in [3.63, 3.8) is 0 Å². The van der Waals surface area contributed by atoms with Crippen LogP contribution in [-0.2, 0) is 13.6 Å². The van der Waals surface area contributed by atoms with Gasteiger partial charge < -0.3 is 5.32 Å². The number of nitrogens with zero attached hydrogens (tertiary/aromatic N) is 4. The maximum Gasteiger partial charge on any atom is 0.151 e. The first kappa shape index (κ1) is 9.92. The Morgan fingerprint density at radius 1 is 1.33 bits per heavy atom. The zero-order valence-corrected chi connectivity index (χ0v) is 8.94. The van der Waals surface area contributed by atoms with Gasteiger partial charge in [-0.05, 0) is 18.2 Å². The molecule has 0 aliphatic carbocycles. The zero-order valence-electron chi connectivity index (χ0n) is 8.18. The molecule has 0 atom stereocenters. The Hall–Kier alpha value is -1.62. The van der Waals surface area contributed by atoms with Crippen molar-refractivity contribution in [1.29, 1.82) is 0 Å². The van der Waals surface area contributed by atoms with E-state index in [9.17, 15) is 0 Å². The van der Waals surface area contributed by atoms with Crippen molar-refractivity contribution >= 4 is 17.4 Å². The van der Waals surface area contributed by atoms with E-state index in [1.807, 2.05) is 19.3 Å². The van der Waals surface area contributed by atoms with Crippen molar-refractivity contribution in [2.45, 2.75) is 6.54 Å². The first-order chi connectivity index (χ1) is 7.24. The van der Waals surface area contributed by atoms with E-state index in [0.717, 1.165) is 5.69 Å². The highest BCUT2D eigenvalue weighted by molar-refractivity contribution is 6.29. The van der Waals surface area contributed by atoms with Gasteiger partial charge in [-0.15, -0.1) is 10.2 Å². The van der Waals surface area contributed by atoms with E-state index in [1.165, 1.54) is 0 Å². The van der Waals surface area contributed by atoms with Gasteiger partial charge in [0.2, 0.25) is 0 Å². The number of halogens is 1. The summed E-state index contributed by atoms with van der Waals surface area (Å²) < 4.78 is 1.75. The van der Waals surface area contributed by atoms with Crippen LogP contribution in [0.15, 0.2) is 24.4 Å². The minimum atomic E-state index is 0.387. The molecule has 6 heteroatoms. The molecule has 0 saturated carbocycles. The van der Waals surface area contributed by atoms with E-state index < -0.39 is 0 Å². The molecule has 0 radical (unpaired) electrons. The highest BCUT2D eigenvalue weighted by Gasteiger charge is 1.98. The molecule has 2 aromatic rings. The molecule has 78 valence electrons. The standard InChI is InChI=1S/C9H10ClN5/c1-15-5-4-7(14-15)6-11-9-3-2-8(10)12-13-9/h2-5H,6H2,1H3,(H,11,13). The molecule has 0 fully saturated rings. The SMILES string of the molecule is Cn1ccc(CNc2ccc(Cl)nn2)n1. The van der Waals surface area contributed by atoms with Crippen molar-refractivity contribution < 1.29 is 0 Å². The fourth-order valence-corrected chi connectivity index (χ4v) is 1.25. The van der Waals surface area contributed by atoms with Crippen LogP contribution in [0.1, 0.15) is 5.69 Å². The Morgan fingerprint density at radius 3 is 2.80 bits per heavy atom. The topological polar surface area (TPSA) is 55.6 Å². The van der Waals surface area contributed by atoms with Crippen LogP contribution < -0.4 is 5.32 Å². The fourth-order valence-electron chi connectivity index (χ4n) is 1.15. The predicted molar refractivity (Wildman–Crippen MR) is 57.6 cm³/mol. The molecular formula is C9H10ClN5. The van der Waals surface area contributed by atoms with Crippen molar-refractivity contribution in [2.24, 2.45) is 7.05 Å². The molecule has 1 N–H and O–H groups in total. The molecule has 0 aliphatic heterocycles. The summed E-state index contributed by atoms with van der Waals surface area (Å²) in [5.74, 6) is 0.685. The van der Waals surface area contributed by atoms with Gasteiger partial charge in [0.15, 0.2) is 5.15 Å². The summed E-state index contributed by atoms with van der Waals surface area (Å²) in [7, 11) is 1.88. The second-order valence-corrected chi connectivity index (χ2v) is 3.46. The van der Waals surface area contributed by atoms with Gasteiger partial charge in [0.25, 0.3) is 0 Å². The molecular weight excluding hydrogens is 214 g/mol. The van der Waals surface area contributed by atoms with Gasteiger partial charge in [-0.1, -0.05) is 11.6 Å². The minimum Gasteiger partial charge on any atom is -0.363 e. The summed E-state index contributed by atoms with van der Waals surface area (Å²) in [4.78, 5) is 0. The first-order valence-electron chi connectivity index (χ1n) is 4.46. The van der Waals surface area contributed by atoms with Crippen LogP contribution in [-0.4, -0.2) is 20.0 Å². The van der Waals surface area contributed by atoms with Crippen molar-refractivity contribution in [3.8, 4) is 0 Å². The van der Waals surface area contributed by atoms with E-state index in [-0.39, 0.29) is 0 Å². The normalized spacial score (nSPS) is 10.3. The third-order valence-electron chi connectivity index (χ3n) is 1.85. The van der Waals surface area contributed by atoms with E-state index >= 15 is 0 Å². The van der Waals surface area contributed by atoms with Crippen LogP contribution in [0.5, 0.6) is 0 Å². The Balaban J connectivity index is 1.96. The number of rotatable bonds is 3. The molecule has 0 spiro atoms. The highest BCUT2D eigenvalue weighted by Crippen LogP contribution is 2.07. The number of aromatic nitrogens is 4. The van der Waals surface area contributed by atoms with Crippen molar-refractivity contribution in [1.82, 2.24) is 20.0 Å². The van der Waals surface area contributed by atoms with E-state index in [0.29, 0.717) is 17.5 Å². The summed E-state index contributed by atoms with van der Waals surface area (Å²) in [5, 5.41) is 15.3. The Bertz CT molecular complexity index is 436. The van der Waals surface area contributed by atoms with Gasteiger partial charge in [0, 0.05) is 13.2 Å². The predicted octanol–water partition coefficient (Wildman–Crippen LogP) is 1.48. The minimum absolute atomic E-state index is 0.387. The smallest absolute Gasteiger partial charge is 0.151 e. The average molecular weight is 224 g/mol. The molecule has 0 amide bonds. The maximum absolute atomic E-state index is 5.62. The van der Waals surface area contributed by atoms with Gasteiger partial charge in [0.05, 0.1) is 12.2 Å². The molecule has 0 aromatic carbocycles. The van der Waals surface area contributed by atoms with E-state index in [2.05, 4.69) is 20.6 Å². The lowest BCUT2D eigenvalue weighted by molar-refractivity contribution is 0.746. The number of hydrogen-bond donors (Lipinski definition) is 1. The summed E-state index contributed by atoms with van der Waals surface area (Å²) in [6, 6.07) is 5.41. The summed E-state index contributed by atoms with van der Waals surface area (Å²) in [5.41, 5.74) is 0.953. The zero-order chi connectivity index (χ0) is 10.7. The maximum atomic E-state index is 5.62. The second kappa shape index (κ2) is 4.27. The van der Waals surface area contributed by atoms with Crippen LogP contribution in [0, 0.1) is 0 Å². The third-order valence-corrected chi connectivity index (χ3v) is 2.05. The van der Waals surface area contributed by atoms with Gasteiger partial charge in [-0.2, -0.15) is 5.10 Å². The lowest BCUT2D eigenvalue weighted by Crippen LogP contribution is -2.03. The number of hydrogen-bond acceptors (Lipinski definition) is 4. The lowest BCUT2D eigenvalue weighted by atomic mass is 10.4. The Kier molecular flexibility index (Phi) is 2.82. The van der Waals surface area contributed by atoms with Crippen LogP contribution >= 0.6 is 11.6 Å². The number of nitrogens with one attached hydrogen (secondary N) is 1. The molecule has 2 rings (SSSR count). The highest BCUT2D eigenvalue weighted by atomic mass is 35.5. The summed E-state index contributed by atoms with van der Waals surface area (Å²) >= 11 is 5.62. The monoisotopic (exact) mass is 223 g/mol. The van der Waals surface area contributed by atoms with Gasteiger partial charge in [0.1, 0.15) is 5.82 Å². The van der Waals surface area contributed by atoms with Crippen LogP contribution in [0.25, 0.3) is 0 Å². The second-order valence-electron chi connectivity index (χ2n) is 3.08. The van der Waals surface area contributed by atoms with Crippen LogP contribution in [0.3, 0.4) is 0 Å². The molecule has 2 aromatic heterocycles.